The number of thiophene rings is 1. The Balaban J connectivity index is 1.34. The molecule has 2 bridgehead atoms. The summed E-state index contributed by atoms with van der Waals surface area (Å²) in [6.07, 6.45) is 4.59. The van der Waals surface area contributed by atoms with Gasteiger partial charge >= 0.3 is 0 Å². The second-order valence-electron chi connectivity index (χ2n) is 8.39. The molecule has 8 heteroatoms. The highest BCUT2D eigenvalue weighted by atomic mass is 32.1. The lowest BCUT2D eigenvalue weighted by atomic mass is 9.83. The summed E-state index contributed by atoms with van der Waals surface area (Å²) < 4.78 is 1.96. The lowest BCUT2D eigenvalue weighted by Crippen LogP contribution is -2.49. The maximum Gasteiger partial charge on any atom is 0.263 e. The van der Waals surface area contributed by atoms with Crippen molar-refractivity contribution in [2.75, 3.05) is 20.1 Å². The molecule has 7 nitrogen and oxygen atoms in total. The molecule has 0 saturated carbocycles. The van der Waals surface area contributed by atoms with Gasteiger partial charge in [0.2, 0.25) is 0 Å². The number of hydrogen-bond acceptors (Lipinski definition) is 5. The molecule has 0 aromatic carbocycles. The Morgan fingerprint density at radius 3 is 2.93 bits per heavy atom. The van der Waals surface area contributed by atoms with Crippen LogP contribution in [0.4, 0.5) is 0 Å². The number of pyridine rings is 1. The fourth-order valence-electron chi connectivity index (χ4n) is 4.82. The topological polar surface area (TPSA) is 74.2 Å². The molecule has 5 heterocycles. The standard InChI is InChI=1S/C22H25N5O2S/c1-25(14-20-23-6-7-24-20)12-16-4-5-18-17-9-15(11-27(18)21(16)28)10-26(13-17)22(29)19-3-2-8-30-19/h2-8,15,17H,9-14H2,1H3,(H,23,24)/t15-,17+/m0/s1. The molecular weight excluding hydrogens is 398 g/mol. The molecule has 2 aliphatic rings. The highest BCUT2D eigenvalue weighted by Gasteiger charge is 2.37. The number of fused-ring (bicyclic) bond motifs is 4. The molecule has 156 valence electrons. The molecule has 30 heavy (non-hydrogen) atoms. The third-order valence-electron chi connectivity index (χ3n) is 6.12. The molecular formula is C22H25N5O2S. The van der Waals surface area contributed by atoms with E-state index in [1.165, 1.54) is 11.3 Å². The Labute approximate surface area is 179 Å². The summed E-state index contributed by atoms with van der Waals surface area (Å²) >= 11 is 1.49. The monoisotopic (exact) mass is 423 g/mol. The van der Waals surface area contributed by atoms with Gasteiger partial charge in [0.1, 0.15) is 5.82 Å². The van der Waals surface area contributed by atoms with Crippen molar-refractivity contribution in [3.63, 3.8) is 0 Å². The second-order valence-corrected chi connectivity index (χ2v) is 9.34. The lowest BCUT2D eigenvalue weighted by Gasteiger charge is -2.42. The number of nitrogens with zero attached hydrogens (tertiary/aromatic N) is 4. The van der Waals surface area contributed by atoms with Crippen molar-refractivity contribution in [1.29, 1.82) is 0 Å². The van der Waals surface area contributed by atoms with Gasteiger partial charge in [0, 0.05) is 55.7 Å². The minimum absolute atomic E-state index is 0.103. The zero-order valence-corrected chi connectivity index (χ0v) is 17.8. The summed E-state index contributed by atoms with van der Waals surface area (Å²) in [6, 6.07) is 7.87. The van der Waals surface area contributed by atoms with Gasteiger partial charge in [-0.25, -0.2) is 4.98 Å². The summed E-state index contributed by atoms with van der Waals surface area (Å²) in [4.78, 5) is 38.3. The van der Waals surface area contributed by atoms with E-state index in [1.807, 2.05) is 46.3 Å². The van der Waals surface area contributed by atoms with Crippen molar-refractivity contribution < 1.29 is 4.79 Å². The minimum Gasteiger partial charge on any atom is -0.348 e. The van der Waals surface area contributed by atoms with Crippen molar-refractivity contribution in [3.8, 4) is 0 Å². The van der Waals surface area contributed by atoms with E-state index in [-0.39, 0.29) is 17.4 Å². The Morgan fingerprint density at radius 2 is 2.17 bits per heavy atom. The van der Waals surface area contributed by atoms with E-state index >= 15 is 0 Å². The normalized spacial score (nSPS) is 20.4. The number of hydrogen-bond donors (Lipinski definition) is 1. The number of aromatic amines is 1. The number of imidazole rings is 1. The second kappa shape index (κ2) is 7.85. The fourth-order valence-corrected chi connectivity index (χ4v) is 5.51. The smallest absolute Gasteiger partial charge is 0.263 e. The molecule has 1 saturated heterocycles. The number of nitrogens with one attached hydrogen (secondary N) is 1. The van der Waals surface area contributed by atoms with E-state index in [1.54, 1.807) is 6.20 Å². The van der Waals surface area contributed by atoms with Gasteiger partial charge in [-0.3, -0.25) is 14.5 Å². The summed E-state index contributed by atoms with van der Waals surface area (Å²) in [5, 5.41) is 1.94. The van der Waals surface area contributed by atoms with Gasteiger partial charge in [-0.2, -0.15) is 0 Å². The van der Waals surface area contributed by atoms with Gasteiger partial charge < -0.3 is 14.5 Å². The number of amides is 1. The molecule has 0 aliphatic carbocycles. The first-order valence-electron chi connectivity index (χ1n) is 10.3. The number of piperidine rings is 1. The first kappa shape index (κ1) is 19.3. The van der Waals surface area contributed by atoms with Crippen LogP contribution < -0.4 is 5.56 Å². The van der Waals surface area contributed by atoms with E-state index in [4.69, 9.17) is 0 Å². The molecule has 3 aromatic heterocycles. The molecule has 0 unspecified atom stereocenters. The van der Waals surface area contributed by atoms with Crippen LogP contribution >= 0.6 is 11.3 Å². The zero-order valence-electron chi connectivity index (χ0n) is 17.0. The van der Waals surface area contributed by atoms with Crippen molar-refractivity contribution in [2.24, 2.45) is 5.92 Å². The van der Waals surface area contributed by atoms with Gasteiger partial charge in [-0.05, 0) is 36.9 Å². The van der Waals surface area contributed by atoms with Crippen LogP contribution in [0.25, 0.3) is 0 Å². The fraction of sp³-hybridized carbons (Fsp3) is 0.409. The first-order chi connectivity index (χ1) is 14.6. The number of likely N-dealkylation sites (tertiary alicyclic amines) is 1. The lowest BCUT2D eigenvalue weighted by molar-refractivity contribution is 0.0599. The van der Waals surface area contributed by atoms with Gasteiger partial charge in [0.05, 0.1) is 11.4 Å². The third kappa shape index (κ3) is 3.61. The average Bonchev–Trinajstić information content (AvgIpc) is 3.44. The van der Waals surface area contributed by atoms with Crippen LogP contribution in [0.5, 0.6) is 0 Å². The highest BCUT2D eigenvalue weighted by molar-refractivity contribution is 7.12. The van der Waals surface area contributed by atoms with Gasteiger partial charge in [0.15, 0.2) is 0 Å². The summed E-state index contributed by atoms with van der Waals surface area (Å²) in [5.74, 6) is 1.56. The van der Waals surface area contributed by atoms with Crippen molar-refractivity contribution in [2.45, 2.75) is 32.0 Å². The van der Waals surface area contributed by atoms with E-state index in [0.29, 0.717) is 32.1 Å². The van der Waals surface area contributed by atoms with Crippen LogP contribution in [0.3, 0.4) is 0 Å². The molecule has 0 radical (unpaired) electrons. The van der Waals surface area contributed by atoms with E-state index in [9.17, 15) is 9.59 Å². The molecule has 0 spiro atoms. The van der Waals surface area contributed by atoms with Crippen LogP contribution in [0.1, 0.15) is 39.1 Å². The number of carbonyl (C=O) groups excluding carboxylic acids is 1. The largest absolute Gasteiger partial charge is 0.348 e. The van der Waals surface area contributed by atoms with Crippen molar-refractivity contribution in [1.82, 2.24) is 24.3 Å². The Bertz CT molecular complexity index is 1090. The van der Waals surface area contributed by atoms with Gasteiger partial charge in [-0.15, -0.1) is 11.3 Å². The van der Waals surface area contributed by atoms with Crippen molar-refractivity contribution in [3.05, 3.63) is 74.4 Å². The summed E-state index contributed by atoms with van der Waals surface area (Å²) in [7, 11) is 1.99. The SMILES string of the molecule is CN(Cc1ncc[nH]1)Cc1ccc2n(c1=O)C[C@H]1C[C@@H]2CN(C(=O)c2cccs2)C1. The van der Waals surface area contributed by atoms with Crippen LogP contribution in [0.2, 0.25) is 0 Å². The predicted octanol–water partition coefficient (Wildman–Crippen LogP) is 2.52. The van der Waals surface area contributed by atoms with E-state index in [2.05, 4.69) is 20.9 Å². The van der Waals surface area contributed by atoms with Crippen LogP contribution in [0, 0.1) is 5.92 Å². The summed E-state index contributed by atoms with van der Waals surface area (Å²) in [5.41, 5.74) is 1.98. The van der Waals surface area contributed by atoms with E-state index < -0.39 is 0 Å². The van der Waals surface area contributed by atoms with Crippen LogP contribution in [-0.4, -0.2) is 50.4 Å². The molecule has 1 amide bonds. The molecule has 2 atom stereocenters. The number of aromatic nitrogens is 3. The average molecular weight is 424 g/mol. The minimum atomic E-state index is 0.103. The Kier molecular flexibility index (Phi) is 5.04. The third-order valence-corrected chi connectivity index (χ3v) is 6.97. The first-order valence-corrected chi connectivity index (χ1v) is 11.2. The van der Waals surface area contributed by atoms with Crippen LogP contribution in [-0.2, 0) is 19.6 Å². The quantitative estimate of drug-likeness (QED) is 0.684. The van der Waals surface area contributed by atoms with E-state index in [0.717, 1.165) is 34.9 Å². The van der Waals surface area contributed by atoms with Gasteiger partial charge in [-0.1, -0.05) is 12.1 Å². The molecule has 5 rings (SSSR count). The number of rotatable bonds is 5. The highest BCUT2D eigenvalue weighted by Crippen LogP contribution is 2.36. The van der Waals surface area contributed by atoms with Gasteiger partial charge in [0.25, 0.3) is 11.5 Å². The maximum absolute atomic E-state index is 13.2. The summed E-state index contributed by atoms with van der Waals surface area (Å²) in [6.45, 7) is 3.35. The Hall–Kier alpha value is -2.71. The molecule has 1 N–H and O–H groups in total. The zero-order chi connectivity index (χ0) is 20.7. The molecule has 1 fully saturated rings. The number of H-pyrrole nitrogens is 1. The molecule has 2 aliphatic heterocycles. The van der Waals surface area contributed by atoms with Crippen molar-refractivity contribution >= 4 is 17.2 Å². The predicted molar refractivity (Wildman–Crippen MR) is 116 cm³/mol. The molecule has 3 aromatic rings. The maximum atomic E-state index is 13.2. The number of carbonyl (C=O) groups is 1. The van der Waals surface area contributed by atoms with Crippen LogP contribution in [0.15, 0.2) is 46.8 Å². The Morgan fingerprint density at radius 1 is 1.27 bits per heavy atom.